The summed E-state index contributed by atoms with van der Waals surface area (Å²) in [5, 5.41) is 8.83. The van der Waals surface area contributed by atoms with Gasteiger partial charge in [0.2, 0.25) is 0 Å². The van der Waals surface area contributed by atoms with Crippen molar-refractivity contribution in [1.29, 1.82) is 0 Å². The summed E-state index contributed by atoms with van der Waals surface area (Å²) in [5.41, 5.74) is 1.19. The van der Waals surface area contributed by atoms with Gasteiger partial charge >= 0.3 is 12.0 Å². The molecule has 0 bridgehead atoms. The smallest absolute Gasteiger partial charge is 0.323 e. The molecule has 1 rings (SSSR count). The Kier molecular flexibility index (Phi) is 6.35. The lowest BCUT2D eigenvalue weighted by atomic mass is 10.1. The van der Waals surface area contributed by atoms with E-state index < -0.39 is 5.97 Å². The molecule has 0 spiro atoms. The summed E-state index contributed by atoms with van der Waals surface area (Å²) in [6.07, 6.45) is 3.51. The number of nitrogens with zero attached hydrogens (tertiary/aromatic N) is 2. The van der Waals surface area contributed by atoms with Gasteiger partial charge in [-0.05, 0) is 18.4 Å². The van der Waals surface area contributed by atoms with Crippen LogP contribution >= 0.6 is 0 Å². The number of amides is 2. The molecular formula is C13H22N2O4. The Bertz CT molecular complexity index is 355. The molecule has 0 fully saturated rings. The Morgan fingerprint density at radius 1 is 1.53 bits per heavy atom. The number of carboxylic acid groups (broad SMARTS) is 1. The fourth-order valence-electron chi connectivity index (χ4n) is 2.08. The predicted octanol–water partition coefficient (Wildman–Crippen LogP) is 1.18. The Hall–Kier alpha value is -1.56. The first-order valence-corrected chi connectivity index (χ1v) is 6.51. The van der Waals surface area contributed by atoms with E-state index in [2.05, 4.69) is 0 Å². The van der Waals surface area contributed by atoms with Crippen molar-refractivity contribution < 1.29 is 19.4 Å². The van der Waals surface area contributed by atoms with Crippen LogP contribution in [0.4, 0.5) is 4.79 Å². The molecule has 1 heterocycles. The van der Waals surface area contributed by atoms with Crippen LogP contribution in [0.2, 0.25) is 0 Å². The number of methoxy groups -OCH3 is 1. The Labute approximate surface area is 113 Å². The summed E-state index contributed by atoms with van der Waals surface area (Å²) in [7, 11) is 1.65. The fraction of sp³-hybridized carbons (Fsp3) is 0.692. The standard InChI is InChI=1S/C13H22N2O4/c1-3-6-15(9-12(16)17)13(18)14-7-4-11(5-8-14)10-19-2/h4H,3,5-10H2,1-2H3,(H,16,17). The minimum atomic E-state index is -0.977. The summed E-state index contributed by atoms with van der Waals surface area (Å²) in [4.78, 5) is 26.0. The Morgan fingerprint density at radius 2 is 2.26 bits per heavy atom. The van der Waals surface area contributed by atoms with Gasteiger partial charge in [-0.2, -0.15) is 0 Å². The van der Waals surface area contributed by atoms with Crippen molar-refractivity contribution in [3.63, 3.8) is 0 Å². The molecule has 2 amide bonds. The number of carbonyl (C=O) groups is 2. The van der Waals surface area contributed by atoms with E-state index in [1.165, 1.54) is 10.5 Å². The van der Waals surface area contributed by atoms with Crippen LogP contribution in [-0.4, -0.2) is 66.8 Å². The molecule has 0 radical (unpaired) electrons. The number of ether oxygens (including phenoxy) is 1. The van der Waals surface area contributed by atoms with Crippen molar-refractivity contribution in [3.8, 4) is 0 Å². The number of hydrogen-bond acceptors (Lipinski definition) is 3. The third-order valence-electron chi connectivity index (χ3n) is 2.99. The van der Waals surface area contributed by atoms with E-state index in [1.54, 1.807) is 12.0 Å². The monoisotopic (exact) mass is 270 g/mol. The van der Waals surface area contributed by atoms with Gasteiger partial charge in [-0.25, -0.2) is 4.79 Å². The van der Waals surface area contributed by atoms with E-state index >= 15 is 0 Å². The van der Waals surface area contributed by atoms with E-state index in [-0.39, 0.29) is 12.6 Å². The molecular weight excluding hydrogens is 248 g/mol. The SMILES string of the molecule is CCCN(CC(=O)O)C(=O)N1CC=C(COC)CC1. The number of rotatable bonds is 6. The predicted molar refractivity (Wildman–Crippen MR) is 71.0 cm³/mol. The van der Waals surface area contributed by atoms with Crippen molar-refractivity contribution >= 4 is 12.0 Å². The maximum absolute atomic E-state index is 12.2. The third-order valence-corrected chi connectivity index (χ3v) is 2.99. The summed E-state index contributed by atoms with van der Waals surface area (Å²) in [6, 6.07) is -0.197. The highest BCUT2D eigenvalue weighted by molar-refractivity contribution is 5.80. The highest BCUT2D eigenvalue weighted by atomic mass is 16.5. The zero-order valence-electron chi connectivity index (χ0n) is 11.6. The molecule has 1 aliphatic rings. The van der Waals surface area contributed by atoms with E-state index in [0.29, 0.717) is 26.2 Å². The maximum atomic E-state index is 12.2. The molecule has 0 aromatic carbocycles. The zero-order valence-corrected chi connectivity index (χ0v) is 11.6. The first-order chi connectivity index (χ1) is 9.08. The summed E-state index contributed by atoms with van der Waals surface area (Å²) >= 11 is 0. The lowest BCUT2D eigenvalue weighted by Gasteiger charge is -2.31. The summed E-state index contributed by atoms with van der Waals surface area (Å²) < 4.78 is 5.06. The van der Waals surface area contributed by atoms with Gasteiger partial charge in [0.25, 0.3) is 0 Å². The second-order valence-corrected chi connectivity index (χ2v) is 4.59. The molecule has 0 saturated carbocycles. The normalized spacial score (nSPS) is 15.1. The largest absolute Gasteiger partial charge is 0.480 e. The molecule has 0 atom stereocenters. The van der Waals surface area contributed by atoms with Crippen LogP contribution in [0.5, 0.6) is 0 Å². The Balaban J connectivity index is 2.58. The quantitative estimate of drug-likeness (QED) is 0.736. The second-order valence-electron chi connectivity index (χ2n) is 4.59. The molecule has 0 aromatic rings. The minimum Gasteiger partial charge on any atom is -0.480 e. The van der Waals surface area contributed by atoms with Crippen molar-refractivity contribution in [1.82, 2.24) is 9.80 Å². The van der Waals surface area contributed by atoms with Crippen LogP contribution in [0.1, 0.15) is 19.8 Å². The highest BCUT2D eigenvalue weighted by Crippen LogP contribution is 2.13. The molecule has 0 unspecified atom stereocenters. The highest BCUT2D eigenvalue weighted by Gasteiger charge is 2.23. The van der Waals surface area contributed by atoms with Crippen LogP contribution in [0.15, 0.2) is 11.6 Å². The van der Waals surface area contributed by atoms with Crippen LogP contribution in [0, 0.1) is 0 Å². The molecule has 1 aliphatic heterocycles. The van der Waals surface area contributed by atoms with Gasteiger partial charge in [0.05, 0.1) is 6.61 Å². The van der Waals surface area contributed by atoms with E-state index in [1.807, 2.05) is 13.0 Å². The molecule has 19 heavy (non-hydrogen) atoms. The average molecular weight is 270 g/mol. The van der Waals surface area contributed by atoms with Gasteiger partial charge in [-0.15, -0.1) is 0 Å². The van der Waals surface area contributed by atoms with Crippen molar-refractivity contribution in [2.45, 2.75) is 19.8 Å². The molecule has 1 N–H and O–H groups in total. The first kappa shape index (κ1) is 15.5. The number of carboxylic acids is 1. The fourth-order valence-corrected chi connectivity index (χ4v) is 2.08. The second kappa shape index (κ2) is 7.78. The number of hydrogen-bond donors (Lipinski definition) is 1. The van der Waals surface area contributed by atoms with Crippen molar-refractivity contribution in [3.05, 3.63) is 11.6 Å². The van der Waals surface area contributed by atoms with Crippen LogP contribution in [0.3, 0.4) is 0 Å². The van der Waals surface area contributed by atoms with Gasteiger partial charge in [0.15, 0.2) is 0 Å². The minimum absolute atomic E-state index is 0.197. The molecule has 108 valence electrons. The van der Waals surface area contributed by atoms with Gasteiger partial charge in [-0.3, -0.25) is 4.79 Å². The zero-order chi connectivity index (χ0) is 14.3. The van der Waals surface area contributed by atoms with Gasteiger partial charge in [-0.1, -0.05) is 13.0 Å². The summed E-state index contributed by atoms with van der Waals surface area (Å²) in [6.45, 7) is 3.89. The lowest BCUT2D eigenvalue weighted by Crippen LogP contribution is -2.47. The average Bonchev–Trinajstić information content (AvgIpc) is 2.38. The van der Waals surface area contributed by atoms with E-state index in [4.69, 9.17) is 9.84 Å². The van der Waals surface area contributed by atoms with Crippen molar-refractivity contribution in [2.75, 3.05) is 39.9 Å². The van der Waals surface area contributed by atoms with Crippen LogP contribution < -0.4 is 0 Å². The number of urea groups is 1. The first-order valence-electron chi connectivity index (χ1n) is 6.51. The van der Waals surface area contributed by atoms with Crippen LogP contribution in [0.25, 0.3) is 0 Å². The number of aliphatic carboxylic acids is 1. The van der Waals surface area contributed by atoms with Gasteiger partial charge < -0.3 is 19.6 Å². The molecule has 6 nitrogen and oxygen atoms in total. The third kappa shape index (κ3) is 4.90. The van der Waals surface area contributed by atoms with Crippen molar-refractivity contribution in [2.24, 2.45) is 0 Å². The Morgan fingerprint density at radius 3 is 2.74 bits per heavy atom. The molecule has 0 saturated heterocycles. The molecule has 6 heteroatoms. The number of carbonyl (C=O) groups excluding carboxylic acids is 1. The summed E-state index contributed by atoms with van der Waals surface area (Å²) in [5.74, 6) is -0.977. The van der Waals surface area contributed by atoms with Gasteiger partial charge in [0.1, 0.15) is 6.54 Å². The van der Waals surface area contributed by atoms with Crippen LogP contribution in [-0.2, 0) is 9.53 Å². The lowest BCUT2D eigenvalue weighted by molar-refractivity contribution is -0.137. The molecule has 0 aromatic heterocycles. The van der Waals surface area contributed by atoms with E-state index in [0.717, 1.165) is 12.8 Å². The molecule has 0 aliphatic carbocycles. The topological polar surface area (TPSA) is 70.1 Å². The van der Waals surface area contributed by atoms with E-state index in [9.17, 15) is 9.59 Å². The maximum Gasteiger partial charge on any atom is 0.323 e. The van der Waals surface area contributed by atoms with Gasteiger partial charge in [0, 0.05) is 26.7 Å².